The van der Waals surface area contributed by atoms with E-state index in [9.17, 15) is 0 Å². The molecule has 17 heavy (non-hydrogen) atoms. The molecule has 0 heterocycles. The minimum atomic E-state index is -0.0492. The number of aryl methyl sites for hydroxylation is 4. The molecule has 0 aliphatic heterocycles. The summed E-state index contributed by atoms with van der Waals surface area (Å²) in [6.45, 7) is 8.88. The number of benzene rings is 2. The van der Waals surface area contributed by atoms with E-state index in [4.69, 9.17) is 0 Å². The molecule has 0 radical (unpaired) electrons. The average molecular weight is 337 g/mol. The van der Waals surface area contributed by atoms with Crippen molar-refractivity contribution < 1.29 is 21.2 Å². The molecule has 0 unspecified atom stereocenters. The van der Waals surface area contributed by atoms with Gasteiger partial charge in [-0.05, 0) is 33.8 Å². The zero-order valence-corrected chi connectivity index (χ0v) is 13.0. The van der Waals surface area contributed by atoms with Crippen molar-refractivity contribution in [2.45, 2.75) is 27.7 Å². The highest BCUT2D eigenvalue weighted by Crippen LogP contribution is 2.07. The van der Waals surface area contributed by atoms with Crippen LogP contribution in [0.2, 0.25) is 0 Å². The number of halogens is 1. The van der Waals surface area contributed by atoms with Gasteiger partial charge in [0.25, 0.3) is 0 Å². The zero-order chi connectivity index (χ0) is 12.4. The van der Waals surface area contributed by atoms with Crippen LogP contribution in [0.25, 0.3) is 0 Å². The number of hydrogen-bond acceptors (Lipinski definition) is 0. The molecule has 2 aromatic rings. The van der Waals surface area contributed by atoms with Crippen molar-refractivity contribution in [2.75, 3.05) is 0 Å². The van der Waals surface area contributed by atoms with Crippen LogP contribution in [0.5, 0.6) is 0 Å². The Kier molecular flexibility index (Phi) is 3.87. The van der Waals surface area contributed by atoms with Gasteiger partial charge in [-0.25, -0.2) is 0 Å². The van der Waals surface area contributed by atoms with Crippen molar-refractivity contribution >= 4 is 0 Å². The van der Waals surface area contributed by atoms with Gasteiger partial charge in [0.05, 0.1) is 0 Å². The maximum atomic E-state index is 2.31. The second-order valence-electron chi connectivity index (χ2n) is 4.56. The monoisotopic (exact) mass is 337 g/mol. The number of hydrogen-bond donors (Lipinski definition) is 0. The minimum Gasteiger partial charge on any atom is -0.0617 e. The highest BCUT2D eigenvalue weighted by molar-refractivity contribution is 5.27. The maximum absolute atomic E-state index is 2.31. The molecule has 0 aliphatic carbocycles. The Labute approximate surface area is 114 Å². The molecule has 0 N–H and O–H groups in total. The van der Waals surface area contributed by atoms with E-state index >= 15 is 0 Å². The molecule has 2 rings (SSSR count). The van der Waals surface area contributed by atoms with Gasteiger partial charge in [-0.2, -0.15) is 0 Å². The van der Waals surface area contributed by atoms with E-state index in [0.717, 1.165) is 0 Å². The molecule has 0 nitrogen and oxygen atoms in total. The summed E-state index contributed by atoms with van der Waals surface area (Å²) in [5, 5.41) is 0. The lowest BCUT2D eigenvalue weighted by Crippen LogP contribution is -3.62. The van der Waals surface area contributed by atoms with Crippen molar-refractivity contribution in [2.24, 2.45) is 0 Å². The molecule has 1 heteroatoms. The molecule has 0 amide bonds. The van der Waals surface area contributed by atoms with Crippen molar-refractivity contribution in [3.63, 3.8) is 0 Å². The van der Waals surface area contributed by atoms with Gasteiger partial charge < -0.3 is 0 Å². The van der Waals surface area contributed by atoms with E-state index in [0.29, 0.717) is 0 Å². The van der Waals surface area contributed by atoms with E-state index in [1.54, 1.807) is 7.14 Å². The average Bonchev–Trinajstić information content (AvgIpc) is 2.25. The lowest BCUT2D eigenvalue weighted by atomic mass is 10.1. The molecule has 0 fully saturated rings. The van der Waals surface area contributed by atoms with Gasteiger partial charge in [-0.15, -0.1) is 0 Å². The Morgan fingerprint density at radius 2 is 1.35 bits per heavy atom. The van der Waals surface area contributed by atoms with Crippen molar-refractivity contribution in [3.05, 3.63) is 65.8 Å². The summed E-state index contributed by atoms with van der Waals surface area (Å²) < 4.78 is 3.13. The standard InChI is InChI=1S/C16H18I/c1-11-9-13(3)16(14(4)10-11)17-15-8-6-5-7-12(15)2/h5-10H,1-4H3/q+1. The molecule has 0 aliphatic rings. The molecule has 0 atom stereocenters. The predicted molar refractivity (Wildman–Crippen MR) is 69.2 cm³/mol. The topological polar surface area (TPSA) is 0 Å². The van der Waals surface area contributed by atoms with Gasteiger partial charge in [-0.3, -0.25) is 0 Å². The fraction of sp³-hybridized carbons (Fsp3) is 0.250. The second-order valence-corrected chi connectivity index (χ2v) is 7.34. The van der Waals surface area contributed by atoms with E-state index in [1.165, 1.54) is 22.3 Å². The van der Waals surface area contributed by atoms with Crippen LogP contribution in [-0.2, 0) is 0 Å². The van der Waals surface area contributed by atoms with Crippen molar-refractivity contribution in [3.8, 4) is 0 Å². The van der Waals surface area contributed by atoms with Gasteiger partial charge in [0.15, 0.2) is 7.14 Å². The largest absolute Gasteiger partial charge is 0.358 e. The summed E-state index contributed by atoms with van der Waals surface area (Å²) in [7, 11) is 0. The van der Waals surface area contributed by atoms with Crippen molar-refractivity contribution in [1.29, 1.82) is 0 Å². The first kappa shape index (κ1) is 12.6. The zero-order valence-electron chi connectivity index (χ0n) is 10.8. The molecule has 0 spiro atoms. The van der Waals surface area contributed by atoms with E-state index in [-0.39, 0.29) is 21.2 Å². The molecule has 0 saturated heterocycles. The molecular weight excluding hydrogens is 319 g/mol. The summed E-state index contributed by atoms with van der Waals surface area (Å²) >= 11 is -0.0492. The van der Waals surface area contributed by atoms with Gasteiger partial charge in [0.2, 0.25) is 0 Å². The van der Waals surface area contributed by atoms with Crippen LogP contribution in [0.4, 0.5) is 0 Å². The predicted octanol–water partition coefficient (Wildman–Crippen LogP) is 1.05. The highest BCUT2D eigenvalue weighted by atomic mass is 127. The molecular formula is C16H18I+. The second kappa shape index (κ2) is 5.21. The fourth-order valence-electron chi connectivity index (χ4n) is 2.07. The summed E-state index contributed by atoms with van der Waals surface area (Å²) in [6, 6.07) is 13.4. The van der Waals surface area contributed by atoms with Crippen LogP contribution in [-0.4, -0.2) is 0 Å². The quantitative estimate of drug-likeness (QED) is 0.719. The third-order valence-electron chi connectivity index (χ3n) is 2.85. The summed E-state index contributed by atoms with van der Waals surface area (Å²) in [5.74, 6) is 0. The maximum Gasteiger partial charge on any atom is 0.358 e. The number of rotatable bonds is 2. The smallest absolute Gasteiger partial charge is 0.0617 e. The van der Waals surface area contributed by atoms with Crippen LogP contribution in [0.3, 0.4) is 0 Å². The van der Waals surface area contributed by atoms with Crippen LogP contribution in [0, 0.1) is 34.8 Å². The lowest BCUT2D eigenvalue weighted by Gasteiger charge is -2.01. The molecule has 0 saturated carbocycles. The van der Waals surface area contributed by atoms with Crippen LogP contribution in [0.1, 0.15) is 22.3 Å². The third-order valence-corrected chi connectivity index (χ3v) is 6.89. The van der Waals surface area contributed by atoms with E-state index < -0.39 is 0 Å². The van der Waals surface area contributed by atoms with Gasteiger partial charge in [0.1, 0.15) is 0 Å². The Balaban J connectivity index is 2.40. The van der Waals surface area contributed by atoms with Crippen LogP contribution < -0.4 is 21.2 Å². The molecule has 0 aromatic heterocycles. The summed E-state index contributed by atoms with van der Waals surface area (Å²) in [6.07, 6.45) is 0. The third kappa shape index (κ3) is 2.89. The normalized spacial score (nSPS) is 10.6. The van der Waals surface area contributed by atoms with E-state index in [1.807, 2.05) is 0 Å². The first-order valence-electron chi connectivity index (χ1n) is 5.86. The fourth-order valence-corrected chi connectivity index (χ4v) is 4.81. The first-order chi connectivity index (χ1) is 8.08. The Morgan fingerprint density at radius 1 is 0.765 bits per heavy atom. The Morgan fingerprint density at radius 3 is 1.94 bits per heavy atom. The van der Waals surface area contributed by atoms with Crippen LogP contribution >= 0.6 is 0 Å². The minimum absolute atomic E-state index is 0.0492. The summed E-state index contributed by atoms with van der Waals surface area (Å²) in [5.41, 5.74) is 5.72. The van der Waals surface area contributed by atoms with Crippen molar-refractivity contribution in [1.82, 2.24) is 0 Å². The molecule has 2 aromatic carbocycles. The lowest BCUT2D eigenvalue weighted by molar-refractivity contribution is -0.599. The Bertz CT molecular complexity index is 518. The summed E-state index contributed by atoms with van der Waals surface area (Å²) in [4.78, 5) is 0. The van der Waals surface area contributed by atoms with E-state index in [2.05, 4.69) is 64.1 Å². The highest BCUT2D eigenvalue weighted by Gasteiger charge is 2.22. The SMILES string of the molecule is Cc1cc(C)c([I+]c2ccccc2C)c(C)c1. The Hall–Kier alpha value is -0.830. The van der Waals surface area contributed by atoms with Gasteiger partial charge >= 0.3 is 21.2 Å². The first-order valence-corrected chi connectivity index (χ1v) is 8.02. The van der Waals surface area contributed by atoms with Gasteiger partial charge in [0, 0.05) is 16.7 Å². The molecule has 88 valence electrons. The van der Waals surface area contributed by atoms with Gasteiger partial charge in [-0.1, -0.05) is 35.9 Å². The molecule has 0 bridgehead atoms. The van der Waals surface area contributed by atoms with Crippen LogP contribution in [0.15, 0.2) is 36.4 Å².